The van der Waals surface area contributed by atoms with Crippen molar-refractivity contribution < 1.29 is 33.8 Å². The molecule has 0 bridgehead atoms. The number of esters is 1. The molecule has 1 fully saturated rings. The molecule has 0 heterocycles. The summed E-state index contributed by atoms with van der Waals surface area (Å²) < 4.78 is 10.7. The summed E-state index contributed by atoms with van der Waals surface area (Å²) in [5.41, 5.74) is -2.34. The summed E-state index contributed by atoms with van der Waals surface area (Å²) in [4.78, 5) is 50.9. The molecular weight excluding hydrogens is 416 g/mol. The van der Waals surface area contributed by atoms with Gasteiger partial charge >= 0.3 is 18.0 Å². The molecule has 0 radical (unpaired) electrons. The quantitative estimate of drug-likeness (QED) is 0.536. The van der Waals surface area contributed by atoms with E-state index in [0.29, 0.717) is 12.8 Å². The Morgan fingerprint density at radius 3 is 1.97 bits per heavy atom. The third-order valence-electron chi connectivity index (χ3n) is 5.27. The van der Waals surface area contributed by atoms with Crippen LogP contribution >= 0.6 is 0 Å². The summed E-state index contributed by atoms with van der Waals surface area (Å²) in [6, 6.07) is 0. The summed E-state index contributed by atoms with van der Waals surface area (Å²) in [6.07, 6.45) is 2.79. The van der Waals surface area contributed by atoms with Crippen molar-refractivity contribution >= 4 is 23.9 Å². The largest absolute Gasteiger partial charge is 0.481 e. The highest BCUT2D eigenvalue weighted by Crippen LogP contribution is 2.38. The first kappa shape index (κ1) is 27.7. The Morgan fingerprint density at radius 1 is 0.969 bits per heavy atom. The number of carboxylic acids is 1. The zero-order valence-electron chi connectivity index (χ0n) is 20.6. The van der Waals surface area contributed by atoms with Gasteiger partial charge in [0, 0.05) is 13.5 Å². The molecule has 2 amide bonds. The van der Waals surface area contributed by atoms with Gasteiger partial charge in [-0.1, -0.05) is 19.3 Å². The van der Waals surface area contributed by atoms with Crippen molar-refractivity contribution in [3.63, 3.8) is 0 Å². The lowest BCUT2D eigenvalue weighted by molar-refractivity contribution is -0.160. The average Bonchev–Trinajstić information content (AvgIpc) is 2.58. The number of alkyl carbamates (subject to hydrolysis) is 1. The van der Waals surface area contributed by atoms with Crippen LogP contribution in [0.1, 0.15) is 86.5 Å². The monoisotopic (exact) mass is 456 g/mol. The molecule has 184 valence electrons. The normalized spacial score (nSPS) is 17.1. The van der Waals surface area contributed by atoms with Crippen LogP contribution in [0.3, 0.4) is 0 Å². The molecule has 9 heteroatoms. The van der Waals surface area contributed by atoms with Crippen LogP contribution in [0.15, 0.2) is 0 Å². The zero-order chi connectivity index (χ0) is 24.7. The van der Waals surface area contributed by atoms with Crippen molar-refractivity contribution in [3.8, 4) is 0 Å². The van der Waals surface area contributed by atoms with Gasteiger partial charge in [-0.3, -0.25) is 14.4 Å². The van der Waals surface area contributed by atoms with E-state index in [9.17, 15) is 24.3 Å². The SMILES string of the molecule is CN(CC(=O)OC(C)(C)C)C(=O)C(CCC(=O)O)C1(NC(=O)OC(C)(C)C)CCCCC1. The number of rotatable bonds is 8. The van der Waals surface area contributed by atoms with Gasteiger partial charge in [0.2, 0.25) is 5.91 Å². The summed E-state index contributed by atoms with van der Waals surface area (Å²) in [6.45, 7) is 10.2. The van der Waals surface area contributed by atoms with E-state index < -0.39 is 46.6 Å². The Hall–Kier alpha value is -2.32. The number of hydrogen-bond acceptors (Lipinski definition) is 6. The molecule has 1 atom stereocenters. The van der Waals surface area contributed by atoms with Gasteiger partial charge in [-0.25, -0.2) is 4.79 Å². The minimum Gasteiger partial charge on any atom is -0.481 e. The molecule has 1 rings (SSSR count). The van der Waals surface area contributed by atoms with Crippen LogP contribution in [0.2, 0.25) is 0 Å². The van der Waals surface area contributed by atoms with Crippen LogP contribution in [0.4, 0.5) is 4.79 Å². The van der Waals surface area contributed by atoms with Crippen molar-refractivity contribution in [2.75, 3.05) is 13.6 Å². The summed E-state index contributed by atoms with van der Waals surface area (Å²) in [7, 11) is 1.49. The lowest BCUT2D eigenvalue weighted by Crippen LogP contribution is -2.60. The van der Waals surface area contributed by atoms with Crippen molar-refractivity contribution in [2.24, 2.45) is 5.92 Å². The van der Waals surface area contributed by atoms with Crippen LogP contribution in [-0.4, -0.2) is 64.3 Å². The van der Waals surface area contributed by atoms with Gasteiger partial charge in [-0.05, 0) is 60.8 Å². The van der Waals surface area contributed by atoms with E-state index >= 15 is 0 Å². The first-order valence-electron chi connectivity index (χ1n) is 11.2. The minimum absolute atomic E-state index is 0.0443. The summed E-state index contributed by atoms with van der Waals surface area (Å²) in [5, 5.41) is 12.2. The maximum absolute atomic E-state index is 13.5. The van der Waals surface area contributed by atoms with Gasteiger partial charge < -0.3 is 24.8 Å². The Labute approximate surface area is 191 Å². The maximum Gasteiger partial charge on any atom is 0.408 e. The molecule has 1 aliphatic rings. The first-order chi connectivity index (χ1) is 14.5. The number of carbonyl (C=O) groups excluding carboxylic acids is 3. The van der Waals surface area contributed by atoms with E-state index in [1.54, 1.807) is 41.5 Å². The van der Waals surface area contributed by atoms with Crippen LogP contribution in [-0.2, 0) is 23.9 Å². The van der Waals surface area contributed by atoms with Crippen LogP contribution in [0.25, 0.3) is 0 Å². The molecule has 0 aromatic heterocycles. The standard InChI is InChI=1S/C23H40N2O7/c1-21(2,3)31-18(28)15-25(7)19(29)16(11-12-17(26)27)23(13-9-8-10-14-23)24-20(30)32-22(4,5)6/h16H,8-15H2,1-7H3,(H,24,30)(H,26,27). The number of amides is 2. The molecule has 32 heavy (non-hydrogen) atoms. The van der Waals surface area contributed by atoms with E-state index in [0.717, 1.165) is 19.3 Å². The van der Waals surface area contributed by atoms with Gasteiger partial charge in [-0.2, -0.15) is 0 Å². The smallest absolute Gasteiger partial charge is 0.408 e. The fourth-order valence-electron chi connectivity index (χ4n) is 4.07. The first-order valence-corrected chi connectivity index (χ1v) is 11.2. The molecule has 0 aliphatic heterocycles. The summed E-state index contributed by atoms with van der Waals surface area (Å²) in [5.74, 6) is -2.78. The number of likely N-dealkylation sites (N-methyl/N-ethyl adjacent to an activating group) is 1. The summed E-state index contributed by atoms with van der Waals surface area (Å²) >= 11 is 0. The molecule has 0 spiro atoms. The number of nitrogens with zero attached hydrogens (tertiary/aromatic N) is 1. The van der Waals surface area contributed by atoms with Gasteiger partial charge in [0.25, 0.3) is 0 Å². The maximum atomic E-state index is 13.5. The van der Waals surface area contributed by atoms with E-state index in [2.05, 4.69) is 5.32 Å². The molecule has 9 nitrogen and oxygen atoms in total. The number of carboxylic acid groups (broad SMARTS) is 1. The third kappa shape index (κ3) is 9.44. The van der Waals surface area contributed by atoms with Crippen molar-refractivity contribution in [2.45, 2.75) is 103 Å². The second-order valence-corrected chi connectivity index (χ2v) is 10.6. The number of ether oxygens (including phenoxy) is 2. The predicted octanol–water partition coefficient (Wildman–Crippen LogP) is 3.50. The highest BCUT2D eigenvalue weighted by atomic mass is 16.6. The second kappa shape index (κ2) is 11.0. The lowest BCUT2D eigenvalue weighted by Gasteiger charge is -2.44. The molecular formula is C23H40N2O7. The highest BCUT2D eigenvalue weighted by molar-refractivity contribution is 5.85. The molecule has 0 aromatic carbocycles. The fourth-order valence-corrected chi connectivity index (χ4v) is 4.07. The molecule has 1 saturated carbocycles. The van der Waals surface area contributed by atoms with Crippen LogP contribution in [0, 0.1) is 5.92 Å². The van der Waals surface area contributed by atoms with Crippen LogP contribution < -0.4 is 5.32 Å². The van der Waals surface area contributed by atoms with Crippen LogP contribution in [0.5, 0.6) is 0 Å². The Balaban J connectivity index is 3.16. The topological polar surface area (TPSA) is 122 Å². The third-order valence-corrected chi connectivity index (χ3v) is 5.27. The minimum atomic E-state index is -1.03. The Morgan fingerprint density at radius 2 is 1.50 bits per heavy atom. The lowest BCUT2D eigenvalue weighted by atomic mass is 9.70. The number of aliphatic carboxylic acids is 1. The zero-order valence-corrected chi connectivity index (χ0v) is 20.6. The molecule has 0 saturated heterocycles. The molecule has 1 unspecified atom stereocenters. The van der Waals surface area contributed by atoms with Crippen molar-refractivity contribution in [3.05, 3.63) is 0 Å². The number of hydrogen-bond donors (Lipinski definition) is 2. The average molecular weight is 457 g/mol. The highest BCUT2D eigenvalue weighted by Gasteiger charge is 2.46. The van der Waals surface area contributed by atoms with Gasteiger partial charge in [0.1, 0.15) is 17.7 Å². The van der Waals surface area contributed by atoms with E-state index in [1.807, 2.05) is 0 Å². The van der Waals surface area contributed by atoms with Gasteiger partial charge in [0.05, 0.1) is 11.5 Å². The number of carbonyl (C=O) groups is 4. The van der Waals surface area contributed by atoms with E-state index in [4.69, 9.17) is 9.47 Å². The van der Waals surface area contributed by atoms with Crippen molar-refractivity contribution in [1.82, 2.24) is 10.2 Å². The van der Waals surface area contributed by atoms with E-state index in [-0.39, 0.29) is 19.4 Å². The second-order valence-electron chi connectivity index (χ2n) is 10.6. The van der Waals surface area contributed by atoms with Gasteiger partial charge in [0.15, 0.2) is 0 Å². The Kier molecular flexibility index (Phi) is 9.53. The molecule has 2 N–H and O–H groups in total. The fraction of sp³-hybridized carbons (Fsp3) is 0.826. The van der Waals surface area contributed by atoms with Gasteiger partial charge in [-0.15, -0.1) is 0 Å². The van der Waals surface area contributed by atoms with E-state index in [1.165, 1.54) is 11.9 Å². The predicted molar refractivity (Wildman–Crippen MR) is 119 cm³/mol. The molecule has 1 aliphatic carbocycles. The number of nitrogens with one attached hydrogen (secondary N) is 1. The Bertz CT molecular complexity index is 685. The molecule has 0 aromatic rings. The van der Waals surface area contributed by atoms with Crippen molar-refractivity contribution in [1.29, 1.82) is 0 Å².